The van der Waals surface area contributed by atoms with Gasteiger partial charge in [0.2, 0.25) is 0 Å². The van der Waals surface area contributed by atoms with E-state index in [1.54, 1.807) is 0 Å². The second-order valence-electron chi connectivity index (χ2n) is 4.45. The van der Waals surface area contributed by atoms with Crippen LogP contribution in [0.4, 0.5) is 0 Å². The summed E-state index contributed by atoms with van der Waals surface area (Å²) >= 11 is 3.59. The molecule has 0 radical (unpaired) electrons. The highest BCUT2D eigenvalue weighted by molar-refractivity contribution is 9.10. The van der Waals surface area contributed by atoms with E-state index in [0.29, 0.717) is 6.61 Å². The highest BCUT2D eigenvalue weighted by Gasteiger charge is 2.12. The molecular formula is C15H20BrNO. The number of ether oxygens (including phenoxy) is 1. The van der Waals surface area contributed by atoms with Crippen molar-refractivity contribution >= 4 is 26.8 Å². The van der Waals surface area contributed by atoms with Crippen molar-refractivity contribution in [3.05, 3.63) is 27.9 Å². The molecule has 2 aromatic rings. The van der Waals surface area contributed by atoms with Crippen LogP contribution >= 0.6 is 15.9 Å². The first kappa shape index (κ1) is 13.5. The largest absolute Gasteiger partial charge is 0.493 e. The molecule has 3 heteroatoms. The molecule has 0 bridgehead atoms. The Bertz CT molecular complexity index is 545. The van der Waals surface area contributed by atoms with Crippen LogP contribution in [-0.4, -0.2) is 11.6 Å². The highest BCUT2D eigenvalue weighted by atomic mass is 79.9. The predicted molar refractivity (Wildman–Crippen MR) is 80.5 cm³/mol. The number of benzene rings is 1. The smallest absolute Gasteiger partial charge is 0.135 e. The molecule has 0 spiro atoms. The van der Waals surface area contributed by atoms with Gasteiger partial charge in [0.1, 0.15) is 5.75 Å². The number of aromatic nitrogens is 1. The molecule has 18 heavy (non-hydrogen) atoms. The molecule has 0 saturated heterocycles. The summed E-state index contributed by atoms with van der Waals surface area (Å²) in [7, 11) is 0. The van der Waals surface area contributed by atoms with Gasteiger partial charge in [-0.15, -0.1) is 0 Å². The molecule has 98 valence electrons. The van der Waals surface area contributed by atoms with Crippen LogP contribution in [0.5, 0.6) is 5.75 Å². The average Bonchev–Trinajstić information content (AvgIpc) is 2.67. The van der Waals surface area contributed by atoms with Gasteiger partial charge in [-0.3, -0.25) is 0 Å². The van der Waals surface area contributed by atoms with Gasteiger partial charge in [-0.2, -0.15) is 0 Å². The van der Waals surface area contributed by atoms with E-state index < -0.39 is 0 Å². The molecule has 1 N–H and O–H groups in total. The fourth-order valence-electron chi connectivity index (χ4n) is 2.44. The van der Waals surface area contributed by atoms with E-state index in [-0.39, 0.29) is 0 Å². The number of rotatable bonds is 5. The zero-order valence-corrected chi connectivity index (χ0v) is 12.9. The Morgan fingerprint density at radius 2 is 2.00 bits per heavy atom. The number of aromatic amines is 1. The third kappa shape index (κ3) is 2.41. The highest BCUT2D eigenvalue weighted by Crippen LogP contribution is 2.33. The SMILES string of the molecule is CCCc1[nH]c2cc(OCC)c(Br)cc2c1CC. The minimum Gasteiger partial charge on any atom is -0.493 e. The Morgan fingerprint density at radius 3 is 2.61 bits per heavy atom. The van der Waals surface area contributed by atoms with Crippen LogP contribution in [0, 0.1) is 0 Å². The minimum atomic E-state index is 0.688. The summed E-state index contributed by atoms with van der Waals surface area (Å²) in [6.07, 6.45) is 3.34. The molecule has 1 aromatic heterocycles. The lowest BCUT2D eigenvalue weighted by Crippen LogP contribution is -1.92. The molecule has 1 heterocycles. The van der Waals surface area contributed by atoms with E-state index in [1.165, 1.54) is 28.6 Å². The van der Waals surface area contributed by atoms with Gasteiger partial charge in [-0.25, -0.2) is 0 Å². The van der Waals surface area contributed by atoms with Gasteiger partial charge in [0.05, 0.1) is 11.1 Å². The Morgan fingerprint density at radius 1 is 1.22 bits per heavy atom. The number of aryl methyl sites for hydroxylation is 2. The first-order valence-electron chi connectivity index (χ1n) is 6.66. The number of hydrogen-bond donors (Lipinski definition) is 1. The molecule has 0 aliphatic heterocycles. The lowest BCUT2D eigenvalue weighted by molar-refractivity contribution is 0.338. The number of hydrogen-bond acceptors (Lipinski definition) is 1. The molecule has 2 nitrogen and oxygen atoms in total. The first-order valence-corrected chi connectivity index (χ1v) is 7.46. The monoisotopic (exact) mass is 309 g/mol. The van der Waals surface area contributed by atoms with Crippen LogP contribution in [-0.2, 0) is 12.8 Å². The summed E-state index contributed by atoms with van der Waals surface area (Å²) in [4.78, 5) is 3.54. The molecule has 2 rings (SSSR count). The molecule has 1 aromatic carbocycles. The fraction of sp³-hybridized carbons (Fsp3) is 0.467. The predicted octanol–water partition coefficient (Wildman–Crippen LogP) is 4.84. The van der Waals surface area contributed by atoms with Crippen molar-refractivity contribution in [2.24, 2.45) is 0 Å². The molecule has 0 unspecified atom stereocenters. The topological polar surface area (TPSA) is 25.0 Å². The third-order valence-electron chi connectivity index (χ3n) is 3.20. The van der Waals surface area contributed by atoms with Crippen molar-refractivity contribution in [3.63, 3.8) is 0 Å². The van der Waals surface area contributed by atoms with Gasteiger partial charge in [0.15, 0.2) is 0 Å². The molecule has 0 aliphatic carbocycles. The molecule has 0 fully saturated rings. The van der Waals surface area contributed by atoms with Crippen molar-refractivity contribution in [1.29, 1.82) is 0 Å². The summed E-state index contributed by atoms with van der Waals surface area (Å²) in [6, 6.07) is 4.27. The lowest BCUT2D eigenvalue weighted by Gasteiger charge is -2.06. The summed E-state index contributed by atoms with van der Waals surface area (Å²) in [5.41, 5.74) is 3.99. The second-order valence-corrected chi connectivity index (χ2v) is 5.30. The van der Waals surface area contributed by atoms with Crippen molar-refractivity contribution in [3.8, 4) is 5.75 Å². The van der Waals surface area contributed by atoms with Gasteiger partial charge in [-0.05, 0) is 47.3 Å². The van der Waals surface area contributed by atoms with Crippen LogP contribution < -0.4 is 4.74 Å². The molecular weight excluding hydrogens is 290 g/mol. The fourth-order valence-corrected chi connectivity index (χ4v) is 2.90. The van der Waals surface area contributed by atoms with E-state index in [4.69, 9.17) is 4.74 Å². The lowest BCUT2D eigenvalue weighted by atomic mass is 10.1. The maximum atomic E-state index is 5.62. The molecule has 0 amide bonds. The van der Waals surface area contributed by atoms with Gasteiger partial charge >= 0.3 is 0 Å². The summed E-state index contributed by atoms with van der Waals surface area (Å²) in [5, 5.41) is 1.32. The zero-order valence-electron chi connectivity index (χ0n) is 11.3. The van der Waals surface area contributed by atoms with Gasteiger partial charge in [0, 0.05) is 22.7 Å². The van der Waals surface area contributed by atoms with Gasteiger partial charge in [-0.1, -0.05) is 20.3 Å². The maximum absolute atomic E-state index is 5.62. The molecule has 0 saturated carbocycles. The van der Waals surface area contributed by atoms with E-state index in [2.05, 4.69) is 46.9 Å². The van der Waals surface area contributed by atoms with E-state index in [9.17, 15) is 0 Å². The summed E-state index contributed by atoms with van der Waals surface area (Å²) in [6.45, 7) is 7.12. The zero-order chi connectivity index (χ0) is 13.1. The first-order chi connectivity index (χ1) is 8.71. The standard InChI is InChI=1S/C15H20BrNO/c1-4-7-13-10(5-2)11-8-12(16)15(18-6-3)9-14(11)17-13/h8-9,17H,4-7H2,1-3H3. The molecule has 0 atom stereocenters. The van der Waals surface area contributed by atoms with Crippen LogP contribution in [0.3, 0.4) is 0 Å². The maximum Gasteiger partial charge on any atom is 0.135 e. The third-order valence-corrected chi connectivity index (χ3v) is 3.82. The molecule has 0 aliphatic rings. The van der Waals surface area contributed by atoms with Crippen LogP contribution in [0.15, 0.2) is 16.6 Å². The van der Waals surface area contributed by atoms with Crippen molar-refractivity contribution < 1.29 is 4.74 Å². The Hall–Kier alpha value is -0.960. The van der Waals surface area contributed by atoms with Crippen LogP contribution in [0.2, 0.25) is 0 Å². The van der Waals surface area contributed by atoms with Crippen LogP contribution in [0.25, 0.3) is 10.9 Å². The Kier molecular flexibility index (Phi) is 4.33. The quantitative estimate of drug-likeness (QED) is 0.839. The van der Waals surface area contributed by atoms with Crippen molar-refractivity contribution in [2.45, 2.75) is 40.0 Å². The van der Waals surface area contributed by atoms with E-state index >= 15 is 0 Å². The van der Waals surface area contributed by atoms with Crippen molar-refractivity contribution in [2.75, 3.05) is 6.61 Å². The number of H-pyrrole nitrogens is 1. The number of halogens is 1. The van der Waals surface area contributed by atoms with E-state index in [1.807, 2.05) is 6.92 Å². The van der Waals surface area contributed by atoms with Crippen LogP contribution in [0.1, 0.15) is 38.4 Å². The number of fused-ring (bicyclic) bond motifs is 1. The van der Waals surface area contributed by atoms with E-state index in [0.717, 1.165) is 23.1 Å². The number of nitrogens with one attached hydrogen (secondary N) is 1. The normalized spacial score (nSPS) is 11.1. The summed E-state index contributed by atoms with van der Waals surface area (Å²) < 4.78 is 6.66. The van der Waals surface area contributed by atoms with Gasteiger partial charge < -0.3 is 9.72 Å². The van der Waals surface area contributed by atoms with Crippen molar-refractivity contribution in [1.82, 2.24) is 4.98 Å². The minimum absolute atomic E-state index is 0.688. The summed E-state index contributed by atoms with van der Waals surface area (Å²) in [5.74, 6) is 0.914. The van der Waals surface area contributed by atoms with Gasteiger partial charge in [0.25, 0.3) is 0 Å². The Labute approximate surface area is 117 Å². The second kappa shape index (κ2) is 5.79. The average molecular weight is 310 g/mol. The Balaban J connectivity index is 2.57.